The van der Waals surface area contributed by atoms with Crippen molar-refractivity contribution in [2.24, 2.45) is 5.92 Å². The molecule has 0 aromatic heterocycles. The van der Waals surface area contributed by atoms with Crippen molar-refractivity contribution in [1.82, 2.24) is 9.80 Å². The van der Waals surface area contributed by atoms with E-state index in [-0.39, 0.29) is 11.8 Å². The van der Waals surface area contributed by atoms with Gasteiger partial charge in [-0.3, -0.25) is 9.59 Å². The molecule has 2 amide bonds. The predicted octanol–water partition coefficient (Wildman–Crippen LogP) is 3.87. The molecule has 3 rings (SSSR count). The van der Waals surface area contributed by atoms with Crippen LogP contribution in [0.3, 0.4) is 0 Å². The molecule has 4 nitrogen and oxygen atoms in total. The Morgan fingerprint density at radius 3 is 2.37 bits per heavy atom. The van der Waals surface area contributed by atoms with Gasteiger partial charge in [-0.1, -0.05) is 42.7 Å². The number of rotatable bonds is 5. The van der Waals surface area contributed by atoms with E-state index in [0.29, 0.717) is 11.7 Å². The van der Waals surface area contributed by atoms with Gasteiger partial charge in [0.1, 0.15) is 0 Å². The Hall–Kier alpha value is -1.49. The smallest absolute Gasteiger partial charge is 0.232 e. The zero-order chi connectivity index (χ0) is 19.1. The van der Waals surface area contributed by atoms with Crippen molar-refractivity contribution >= 4 is 23.6 Å². The van der Waals surface area contributed by atoms with Gasteiger partial charge in [-0.2, -0.15) is 0 Å². The van der Waals surface area contributed by atoms with Crippen LogP contribution >= 0.6 is 11.8 Å². The van der Waals surface area contributed by atoms with Crippen LogP contribution in [0.1, 0.15) is 49.7 Å². The van der Waals surface area contributed by atoms with Gasteiger partial charge in [0.25, 0.3) is 0 Å². The van der Waals surface area contributed by atoms with E-state index >= 15 is 0 Å². The van der Waals surface area contributed by atoms with Crippen molar-refractivity contribution < 1.29 is 9.59 Å². The fourth-order valence-electron chi connectivity index (χ4n) is 4.07. The summed E-state index contributed by atoms with van der Waals surface area (Å²) in [6, 6.07) is 8.46. The zero-order valence-corrected chi connectivity index (χ0v) is 17.3. The number of hydrogen-bond donors (Lipinski definition) is 0. The third kappa shape index (κ3) is 6.00. The number of hydrogen-bond acceptors (Lipinski definition) is 3. The minimum atomic E-state index is 0.118. The molecule has 5 heteroatoms. The Morgan fingerprint density at radius 1 is 1.00 bits per heavy atom. The second kappa shape index (κ2) is 10.2. The molecule has 1 aromatic carbocycles. The second-order valence-electron chi connectivity index (χ2n) is 7.88. The highest BCUT2D eigenvalue weighted by Crippen LogP contribution is 2.23. The third-order valence-corrected chi connectivity index (χ3v) is 6.68. The van der Waals surface area contributed by atoms with Crippen LogP contribution in [0.2, 0.25) is 0 Å². The molecule has 27 heavy (non-hydrogen) atoms. The van der Waals surface area contributed by atoms with Gasteiger partial charge < -0.3 is 9.80 Å². The van der Waals surface area contributed by atoms with Crippen LogP contribution in [0.25, 0.3) is 0 Å². The molecule has 148 valence electrons. The van der Waals surface area contributed by atoms with Gasteiger partial charge in [0.15, 0.2) is 0 Å². The van der Waals surface area contributed by atoms with E-state index in [1.54, 1.807) is 11.8 Å². The van der Waals surface area contributed by atoms with E-state index in [2.05, 4.69) is 36.1 Å². The standard InChI is InChI=1S/C22H32N2O2S/c1-18-7-6-8-19(15-18)16-27-17-21(25)23-13-9-20(10-14-23)22(26)24-11-4-2-3-5-12-24/h6-8,15,20H,2-5,9-14,16-17H2,1H3. The summed E-state index contributed by atoms with van der Waals surface area (Å²) in [6.07, 6.45) is 6.42. The molecule has 0 atom stereocenters. The largest absolute Gasteiger partial charge is 0.342 e. The average Bonchev–Trinajstić information content (AvgIpc) is 2.97. The summed E-state index contributed by atoms with van der Waals surface area (Å²) in [4.78, 5) is 29.3. The lowest BCUT2D eigenvalue weighted by molar-refractivity contribution is -0.139. The van der Waals surface area contributed by atoms with Crippen molar-refractivity contribution in [3.05, 3.63) is 35.4 Å². The summed E-state index contributed by atoms with van der Waals surface area (Å²) >= 11 is 1.68. The molecule has 0 aliphatic carbocycles. The lowest BCUT2D eigenvalue weighted by Crippen LogP contribution is -2.45. The van der Waals surface area contributed by atoms with Crippen molar-refractivity contribution in [2.45, 2.75) is 51.2 Å². The Balaban J connectivity index is 1.39. The van der Waals surface area contributed by atoms with E-state index in [1.165, 1.54) is 24.0 Å². The van der Waals surface area contributed by atoms with Crippen molar-refractivity contribution in [3.63, 3.8) is 0 Å². The summed E-state index contributed by atoms with van der Waals surface area (Å²) in [5, 5.41) is 0. The molecule has 0 unspecified atom stereocenters. The summed E-state index contributed by atoms with van der Waals surface area (Å²) in [5.41, 5.74) is 2.53. The highest BCUT2D eigenvalue weighted by Gasteiger charge is 2.30. The molecule has 0 spiro atoms. The molecule has 2 fully saturated rings. The quantitative estimate of drug-likeness (QED) is 0.769. The number of amides is 2. The molecular formula is C22H32N2O2S. The SMILES string of the molecule is Cc1cccc(CSCC(=O)N2CCC(C(=O)N3CCCCCC3)CC2)c1. The molecular weight excluding hydrogens is 356 g/mol. The van der Waals surface area contributed by atoms with Gasteiger partial charge in [0, 0.05) is 37.8 Å². The predicted molar refractivity (Wildman–Crippen MR) is 112 cm³/mol. The van der Waals surface area contributed by atoms with E-state index in [9.17, 15) is 9.59 Å². The first-order chi connectivity index (χ1) is 13.1. The van der Waals surface area contributed by atoms with Gasteiger partial charge in [-0.15, -0.1) is 11.8 Å². The van der Waals surface area contributed by atoms with E-state index in [4.69, 9.17) is 0 Å². The number of aryl methyl sites for hydroxylation is 1. The van der Waals surface area contributed by atoms with Crippen LogP contribution in [0.4, 0.5) is 0 Å². The normalized spacial score (nSPS) is 19.0. The molecule has 0 N–H and O–H groups in total. The summed E-state index contributed by atoms with van der Waals surface area (Å²) in [5.74, 6) is 2.06. The van der Waals surface area contributed by atoms with Crippen LogP contribution in [0.5, 0.6) is 0 Å². The monoisotopic (exact) mass is 388 g/mol. The lowest BCUT2D eigenvalue weighted by Gasteiger charge is -2.34. The van der Waals surface area contributed by atoms with Crippen LogP contribution in [-0.4, -0.2) is 53.5 Å². The van der Waals surface area contributed by atoms with E-state index < -0.39 is 0 Å². The van der Waals surface area contributed by atoms with Crippen LogP contribution in [0, 0.1) is 12.8 Å². The fourth-order valence-corrected chi connectivity index (χ4v) is 4.95. The Morgan fingerprint density at radius 2 is 1.70 bits per heavy atom. The minimum Gasteiger partial charge on any atom is -0.342 e. The number of carbonyl (C=O) groups is 2. The fraction of sp³-hybridized carbons (Fsp3) is 0.636. The molecule has 2 saturated heterocycles. The van der Waals surface area contributed by atoms with E-state index in [1.807, 2.05) is 4.90 Å². The maximum Gasteiger partial charge on any atom is 0.232 e. The Labute approximate surface area is 167 Å². The first kappa shape index (κ1) is 20.2. The van der Waals surface area contributed by atoms with Crippen LogP contribution in [-0.2, 0) is 15.3 Å². The lowest BCUT2D eigenvalue weighted by atomic mass is 9.95. The first-order valence-electron chi connectivity index (χ1n) is 10.3. The maximum absolute atomic E-state index is 12.8. The summed E-state index contributed by atoms with van der Waals surface area (Å²) < 4.78 is 0. The highest BCUT2D eigenvalue weighted by atomic mass is 32.2. The number of piperidine rings is 1. The molecule has 0 radical (unpaired) electrons. The van der Waals surface area contributed by atoms with Gasteiger partial charge in [0.2, 0.25) is 11.8 Å². The number of likely N-dealkylation sites (tertiary alicyclic amines) is 2. The number of carbonyl (C=O) groups excluding carboxylic acids is 2. The molecule has 1 aromatic rings. The Kier molecular flexibility index (Phi) is 7.62. The van der Waals surface area contributed by atoms with Crippen molar-refractivity contribution in [2.75, 3.05) is 31.9 Å². The van der Waals surface area contributed by atoms with Crippen LogP contribution < -0.4 is 0 Å². The molecule has 2 aliphatic rings. The number of benzene rings is 1. The number of thioether (sulfide) groups is 1. The summed E-state index contributed by atoms with van der Waals surface area (Å²) in [6.45, 7) is 5.40. The van der Waals surface area contributed by atoms with Gasteiger partial charge in [-0.25, -0.2) is 0 Å². The number of nitrogens with zero attached hydrogens (tertiary/aromatic N) is 2. The molecule has 2 heterocycles. The second-order valence-corrected chi connectivity index (χ2v) is 8.86. The maximum atomic E-state index is 12.8. The molecule has 0 saturated carbocycles. The van der Waals surface area contributed by atoms with Gasteiger partial charge in [0.05, 0.1) is 5.75 Å². The van der Waals surface area contributed by atoms with Gasteiger partial charge in [-0.05, 0) is 38.2 Å². The Bertz CT molecular complexity index is 633. The summed E-state index contributed by atoms with van der Waals surface area (Å²) in [7, 11) is 0. The minimum absolute atomic E-state index is 0.118. The molecule has 2 aliphatic heterocycles. The van der Waals surface area contributed by atoms with Crippen molar-refractivity contribution in [3.8, 4) is 0 Å². The zero-order valence-electron chi connectivity index (χ0n) is 16.5. The highest BCUT2D eigenvalue weighted by molar-refractivity contribution is 7.99. The van der Waals surface area contributed by atoms with Gasteiger partial charge >= 0.3 is 0 Å². The topological polar surface area (TPSA) is 40.6 Å². The molecule has 0 bridgehead atoms. The van der Waals surface area contributed by atoms with Crippen LogP contribution in [0.15, 0.2) is 24.3 Å². The van der Waals surface area contributed by atoms with E-state index in [0.717, 1.165) is 57.6 Å². The first-order valence-corrected chi connectivity index (χ1v) is 11.5. The van der Waals surface area contributed by atoms with Crippen molar-refractivity contribution in [1.29, 1.82) is 0 Å². The average molecular weight is 389 g/mol. The third-order valence-electron chi connectivity index (χ3n) is 5.69.